The Labute approximate surface area is 107 Å². The molecular weight excluding hydrogens is 210 g/mol. The third-order valence-corrected chi connectivity index (χ3v) is 3.19. The van der Waals surface area contributed by atoms with Crippen LogP contribution in [0.4, 0.5) is 0 Å². The zero-order valence-corrected chi connectivity index (χ0v) is 11.8. The predicted molar refractivity (Wildman–Crippen MR) is 75.4 cm³/mol. The summed E-state index contributed by atoms with van der Waals surface area (Å²) in [6, 6.07) is 0.788. The minimum absolute atomic E-state index is 0.788. The molecule has 17 heavy (non-hydrogen) atoms. The molecule has 100 valence electrons. The second kappa shape index (κ2) is 7.85. The van der Waals surface area contributed by atoms with E-state index in [9.17, 15) is 0 Å². The molecule has 0 saturated heterocycles. The summed E-state index contributed by atoms with van der Waals surface area (Å²) in [5.41, 5.74) is 1.32. The molecule has 0 unspecified atom stereocenters. The van der Waals surface area contributed by atoms with Crippen LogP contribution in [-0.4, -0.2) is 62.7 Å². The lowest BCUT2D eigenvalue weighted by molar-refractivity contribution is 0.283. The van der Waals surface area contributed by atoms with Gasteiger partial charge in [-0.2, -0.15) is 0 Å². The number of likely N-dealkylation sites (N-methyl/N-ethyl adjacent to an activating group) is 1. The quantitative estimate of drug-likeness (QED) is 0.584. The molecule has 0 amide bonds. The second-order valence-electron chi connectivity index (χ2n) is 5.43. The van der Waals surface area contributed by atoms with Crippen LogP contribution in [-0.2, 0) is 0 Å². The Hall–Kier alpha value is -0.380. The molecule has 1 fully saturated rings. The molecule has 0 aliphatic heterocycles. The Morgan fingerprint density at radius 1 is 1.29 bits per heavy atom. The van der Waals surface area contributed by atoms with Gasteiger partial charge in [0.1, 0.15) is 0 Å². The Morgan fingerprint density at radius 2 is 2.00 bits per heavy atom. The van der Waals surface area contributed by atoms with Crippen molar-refractivity contribution in [1.29, 1.82) is 0 Å². The Balaban J connectivity index is 2.08. The van der Waals surface area contributed by atoms with Crippen LogP contribution in [0, 0.1) is 0 Å². The number of nitrogens with zero attached hydrogens (tertiary/aromatic N) is 2. The van der Waals surface area contributed by atoms with E-state index in [4.69, 9.17) is 0 Å². The van der Waals surface area contributed by atoms with Gasteiger partial charge in [0.2, 0.25) is 0 Å². The van der Waals surface area contributed by atoms with Crippen LogP contribution >= 0.6 is 0 Å². The van der Waals surface area contributed by atoms with E-state index >= 15 is 0 Å². The van der Waals surface area contributed by atoms with Crippen molar-refractivity contribution in [2.45, 2.75) is 32.2 Å². The summed E-state index contributed by atoms with van der Waals surface area (Å²) in [4.78, 5) is 4.73. The highest BCUT2D eigenvalue weighted by Crippen LogP contribution is 2.18. The first-order valence-electron chi connectivity index (χ1n) is 6.89. The largest absolute Gasteiger partial charge is 0.310 e. The van der Waals surface area contributed by atoms with Gasteiger partial charge in [0.25, 0.3) is 0 Å². The standard InChI is InChI=1S/C14H29N3/c1-5-17(10-6-9-16(3)4)12-13(2)11-15-14-7-8-14/h14-15H,2,5-12H2,1,3-4H3. The zero-order chi connectivity index (χ0) is 12.7. The van der Waals surface area contributed by atoms with Crippen molar-refractivity contribution in [3.8, 4) is 0 Å². The third kappa shape index (κ3) is 7.53. The maximum atomic E-state index is 4.17. The van der Waals surface area contributed by atoms with E-state index in [-0.39, 0.29) is 0 Å². The number of rotatable bonds is 10. The molecule has 0 aromatic carbocycles. The van der Waals surface area contributed by atoms with Crippen LogP contribution in [0.25, 0.3) is 0 Å². The van der Waals surface area contributed by atoms with Crippen molar-refractivity contribution >= 4 is 0 Å². The zero-order valence-electron chi connectivity index (χ0n) is 11.8. The third-order valence-electron chi connectivity index (χ3n) is 3.19. The molecule has 3 nitrogen and oxygen atoms in total. The SMILES string of the molecule is C=C(CNC1CC1)CN(CC)CCCN(C)C. The van der Waals surface area contributed by atoms with Crippen molar-refractivity contribution < 1.29 is 0 Å². The summed E-state index contributed by atoms with van der Waals surface area (Å²) < 4.78 is 0. The fraction of sp³-hybridized carbons (Fsp3) is 0.857. The Kier molecular flexibility index (Phi) is 6.78. The van der Waals surface area contributed by atoms with E-state index in [1.165, 1.54) is 37.9 Å². The predicted octanol–water partition coefficient (Wildman–Crippen LogP) is 1.57. The van der Waals surface area contributed by atoms with Gasteiger partial charge in [-0.05, 0) is 58.6 Å². The molecule has 1 aliphatic carbocycles. The molecule has 1 N–H and O–H groups in total. The van der Waals surface area contributed by atoms with Crippen molar-refractivity contribution in [3.63, 3.8) is 0 Å². The fourth-order valence-corrected chi connectivity index (χ4v) is 1.91. The van der Waals surface area contributed by atoms with Gasteiger partial charge in [0, 0.05) is 19.1 Å². The maximum Gasteiger partial charge on any atom is 0.0202 e. The smallest absolute Gasteiger partial charge is 0.0202 e. The van der Waals surface area contributed by atoms with Crippen LogP contribution in [0.15, 0.2) is 12.2 Å². The monoisotopic (exact) mass is 239 g/mol. The fourth-order valence-electron chi connectivity index (χ4n) is 1.91. The maximum absolute atomic E-state index is 4.17. The van der Waals surface area contributed by atoms with E-state index in [0.29, 0.717) is 0 Å². The first-order chi connectivity index (χ1) is 8.11. The van der Waals surface area contributed by atoms with E-state index in [1.54, 1.807) is 0 Å². The van der Waals surface area contributed by atoms with Gasteiger partial charge >= 0.3 is 0 Å². The minimum Gasteiger partial charge on any atom is -0.310 e. The molecule has 0 bridgehead atoms. The summed E-state index contributed by atoms with van der Waals surface area (Å²) >= 11 is 0. The van der Waals surface area contributed by atoms with Crippen LogP contribution in [0.2, 0.25) is 0 Å². The molecule has 1 rings (SSSR count). The van der Waals surface area contributed by atoms with Gasteiger partial charge in [0.15, 0.2) is 0 Å². The average molecular weight is 239 g/mol. The molecule has 0 aromatic rings. The summed E-state index contributed by atoms with van der Waals surface area (Å²) in [6.07, 6.45) is 3.95. The van der Waals surface area contributed by atoms with Crippen LogP contribution in [0.3, 0.4) is 0 Å². The van der Waals surface area contributed by atoms with Gasteiger partial charge in [-0.15, -0.1) is 0 Å². The van der Waals surface area contributed by atoms with Gasteiger partial charge < -0.3 is 10.2 Å². The van der Waals surface area contributed by atoms with Crippen LogP contribution in [0.5, 0.6) is 0 Å². The highest BCUT2D eigenvalue weighted by Gasteiger charge is 2.20. The number of nitrogens with one attached hydrogen (secondary N) is 1. The summed E-state index contributed by atoms with van der Waals surface area (Å²) in [6.45, 7) is 11.9. The lowest BCUT2D eigenvalue weighted by Gasteiger charge is -2.22. The number of hydrogen-bond acceptors (Lipinski definition) is 3. The van der Waals surface area contributed by atoms with Gasteiger partial charge in [0.05, 0.1) is 0 Å². The van der Waals surface area contributed by atoms with E-state index in [1.807, 2.05) is 0 Å². The first-order valence-corrected chi connectivity index (χ1v) is 6.89. The minimum atomic E-state index is 0.788. The van der Waals surface area contributed by atoms with Crippen LogP contribution in [0.1, 0.15) is 26.2 Å². The van der Waals surface area contributed by atoms with Gasteiger partial charge in [-0.3, -0.25) is 4.90 Å². The van der Waals surface area contributed by atoms with Gasteiger partial charge in [-0.1, -0.05) is 13.5 Å². The van der Waals surface area contributed by atoms with Crippen molar-refractivity contribution in [3.05, 3.63) is 12.2 Å². The normalized spacial score (nSPS) is 15.8. The Bertz CT molecular complexity index is 222. The molecule has 0 spiro atoms. The summed E-state index contributed by atoms with van der Waals surface area (Å²) in [5, 5.41) is 3.53. The molecule has 0 aromatic heterocycles. The average Bonchev–Trinajstić information content (AvgIpc) is 3.08. The molecule has 1 aliphatic rings. The highest BCUT2D eigenvalue weighted by atomic mass is 15.1. The van der Waals surface area contributed by atoms with E-state index in [0.717, 1.165) is 25.7 Å². The molecule has 1 saturated carbocycles. The molecule has 0 atom stereocenters. The first kappa shape index (κ1) is 14.7. The van der Waals surface area contributed by atoms with Gasteiger partial charge in [-0.25, -0.2) is 0 Å². The van der Waals surface area contributed by atoms with E-state index < -0.39 is 0 Å². The lowest BCUT2D eigenvalue weighted by Crippen LogP contribution is -2.31. The second-order valence-corrected chi connectivity index (χ2v) is 5.43. The number of hydrogen-bond donors (Lipinski definition) is 1. The molecular formula is C14H29N3. The van der Waals surface area contributed by atoms with Crippen molar-refractivity contribution in [2.75, 3.05) is 46.8 Å². The lowest BCUT2D eigenvalue weighted by atomic mass is 10.2. The highest BCUT2D eigenvalue weighted by molar-refractivity contribution is 5.01. The van der Waals surface area contributed by atoms with Crippen molar-refractivity contribution in [2.24, 2.45) is 0 Å². The van der Waals surface area contributed by atoms with Crippen LogP contribution < -0.4 is 5.32 Å². The molecule has 0 radical (unpaired) electrons. The molecule has 0 heterocycles. The molecule has 3 heteroatoms. The van der Waals surface area contributed by atoms with E-state index in [2.05, 4.69) is 42.7 Å². The summed E-state index contributed by atoms with van der Waals surface area (Å²) in [5.74, 6) is 0. The topological polar surface area (TPSA) is 18.5 Å². The Morgan fingerprint density at radius 3 is 2.53 bits per heavy atom. The van der Waals surface area contributed by atoms with Crippen molar-refractivity contribution in [1.82, 2.24) is 15.1 Å². The summed E-state index contributed by atoms with van der Waals surface area (Å²) in [7, 11) is 4.27.